The SMILES string of the molecule is Cc1csc(-c2cccc(C(=O)NC3(CO)CCCC3)c2)n1. The number of nitrogens with one attached hydrogen (secondary N) is 1. The van der Waals surface area contributed by atoms with Gasteiger partial charge in [0, 0.05) is 22.2 Å². The zero-order valence-electron chi connectivity index (χ0n) is 12.6. The fourth-order valence-electron chi connectivity index (χ4n) is 2.97. The Morgan fingerprint density at radius 2 is 2.18 bits per heavy atom. The van der Waals surface area contributed by atoms with Gasteiger partial charge in [-0.25, -0.2) is 4.98 Å². The van der Waals surface area contributed by atoms with Crippen molar-refractivity contribution < 1.29 is 9.90 Å². The lowest BCUT2D eigenvalue weighted by molar-refractivity contribution is 0.0838. The van der Waals surface area contributed by atoms with Gasteiger partial charge in [-0.1, -0.05) is 25.0 Å². The zero-order valence-corrected chi connectivity index (χ0v) is 13.4. The van der Waals surface area contributed by atoms with Crippen molar-refractivity contribution >= 4 is 17.2 Å². The Labute approximate surface area is 134 Å². The zero-order chi connectivity index (χ0) is 15.6. The van der Waals surface area contributed by atoms with Crippen LogP contribution in [0.5, 0.6) is 0 Å². The first-order chi connectivity index (χ1) is 10.6. The highest BCUT2D eigenvalue weighted by Gasteiger charge is 2.34. The quantitative estimate of drug-likeness (QED) is 0.911. The molecule has 0 aliphatic heterocycles. The number of hydrogen-bond acceptors (Lipinski definition) is 4. The van der Waals surface area contributed by atoms with Gasteiger partial charge in [-0.15, -0.1) is 11.3 Å². The minimum atomic E-state index is -0.440. The molecule has 1 amide bonds. The number of amides is 1. The molecule has 2 N–H and O–H groups in total. The summed E-state index contributed by atoms with van der Waals surface area (Å²) in [6.07, 6.45) is 3.81. The van der Waals surface area contributed by atoms with E-state index in [1.54, 1.807) is 17.4 Å². The van der Waals surface area contributed by atoms with Crippen LogP contribution in [0, 0.1) is 6.92 Å². The molecule has 4 nitrogen and oxygen atoms in total. The number of thiazole rings is 1. The number of aliphatic hydroxyl groups excluding tert-OH is 1. The topological polar surface area (TPSA) is 62.2 Å². The molecular weight excluding hydrogens is 296 g/mol. The molecule has 1 fully saturated rings. The van der Waals surface area contributed by atoms with Crippen LogP contribution in [0.1, 0.15) is 41.7 Å². The van der Waals surface area contributed by atoms with Gasteiger partial charge in [0.1, 0.15) is 5.01 Å². The lowest BCUT2D eigenvalue weighted by Crippen LogP contribution is -2.49. The van der Waals surface area contributed by atoms with Gasteiger partial charge in [0.15, 0.2) is 0 Å². The predicted molar refractivity (Wildman–Crippen MR) is 88.0 cm³/mol. The van der Waals surface area contributed by atoms with Crippen molar-refractivity contribution in [2.24, 2.45) is 0 Å². The molecule has 1 aliphatic carbocycles. The molecule has 0 saturated heterocycles. The van der Waals surface area contributed by atoms with Crippen LogP contribution in [0.15, 0.2) is 29.6 Å². The number of benzene rings is 1. The lowest BCUT2D eigenvalue weighted by atomic mass is 9.98. The van der Waals surface area contributed by atoms with Gasteiger partial charge in [-0.05, 0) is 31.9 Å². The number of aromatic nitrogens is 1. The molecule has 0 unspecified atom stereocenters. The van der Waals surface area contributed by atoms with E-state index in [9.17, 15) is 9.90 Å². The number of nitrogens with zero attached hydrogens (tertiary/aromatic N) is 1. The Morgan fingerprint density at radius 3 is 2.82 bits per heavy atom. The highest BCUT2D eigenvalue weighted by molar-refractivity contribution is 7.13. The molecule has 22 heavy (non-hydrogen) atoms. The summed E-state index contributed by atoms with van der Waals surface area (Å²) in [6.45, 7) is 1.96. The Hall–Kier alpha value is -1.72. The maximum absolute atomic E-state index is 12.5. The van der Waals surface area contributed by atoms with E-state index in [2.05, 4.69) is 10.3 Å². The van der Waals surface area contributed by atoms with Crippen LogP contribution in [-0.2, 0) is 0 Å². The van der Waals surface area contributed by atoms with Crippen LogP contribution in [0.4, 0.5) is 0 Å². The summed E-state index contributed by atoms with van der Waals surface area (Å²) in [6, 6.07) is 7.51. The predicted octanol–water partition coefficient (Wildman–Crippen LogP) is 3.15. The van der Waals surface area contributed by atoms with Gasteiger partial charge in [-0.2, -0.15) is 0 Å². The molecule has 1 aromatic heterocycles. The molecule has 2 aromatic rings. The van der Waals surface area contributed by atoms with Crippen molar-refractivity contribution in [1.29, 1.82) is 0 Å². The van der Waals surface area contributed by atoms with Crippen LogP contribution >= 0.6 is 11.3 Å². The normalized spacial score (nSPS) is 16.6. The van der Waals surface area contributed by atoms with Crippen molar-refractivity contribution in [2.45, 2.75) is 38.1 Å². The van der Waals surface area contributed by atoms with Crippen molar-refractivity contribution in [3.05, 3.63) is 40.9 Å². The van der Waals surface area contributed by atoms with E-state index < -0.39 is 5.54 Å². The first kappa shape index (κ1) is 15.2. The van der Waals surface area contributed by atoms with E-state index in [1.165, 1.54) is 0 Å². The number of aliphatic hydroxyl groups is 1. The molecule has 0 atom stereocenters. The maximum atomic E-state index is 12.5. The molecule has 1 heterocycles. The number of rotatable bonds is 4. The fourth-order valence-corrected chi connectivity index (χ4v) is 3.76. The highest BCUT2D eigenvalue weighted by atomic mass is 32.1. The first-order valence-corrected chi connectivity index (χ1v) is 8.46. The van der Waals surface area contributed by atoms with Gasteiger partial charge in [-0.3, -0.25) is 4.79 Å². The molecular formula is C17H20N2O2S. The minimum absolute atomic E-state index is 0.00407. The molecule has 0 radical (unpaired) electrons. The summed E-state index contributed by atoms with van der Waals surface area (Å²) in [4.78, 5) is 17.0. The Kier molecular flexibility index (Phi) is 4.27. The Balaban J connectivity index is 1.81. The van der Waals surface area contributed by atoms with Crippen molar-refractivity contribution in [1.82, 2.24) is 10.3 Å². The lowest BCUT2D eigenvalue weighted by Gasteiger charge is -2.28. The maximum Gasteiger partial charge on any atom is 0.251 e. The van der Waals surface area contributed by atoms with Crippen molar-refractivity contribution in [2.75, 3.05) is 6.61 Å². The van der Waals surface area contributed by atoms with Crippen molar-refractivity contribution in [3.63, 3.8) is 0 Å². The van der Waals surface area contributed by atoms with Crippen LogP contribution in [-0.4, -0.2) is 28.1 Å². The second-order valence-electron chi connectivity index (χ2n) is 5.97. The summed E-state index contributed by atoms with van der Waals surface area (Å²) < 4.78 is 0. The molecule has 1 saturated carbocycles. The van der Waals surface area contributed by atoms with Gasteiger partial charge >= 0.3 is 0 Å². The van der Waals surface area contributed by atoms with E-state index in [1.807, 2.05) is 30.5 Å². The van der Waals surface area contributed by atoms with E-state index in [-0.39, 0.29) is 12.5 Å². The third-order valence-corrected chi connectivity index (χ3v) is 5.24. The summed E-state index contributed by atoms with van der Waals surface area (Å²) in [5.74, 6) is -0.119. The number of carbonyl (C=O) groups is 1. The van der Waals surface area contributed by atoms with Gasteiger partial charge < -0.3 is 10.4 Å². The standard InChI is InChI=1S/C17H20N2O2S/c1-12-10-22-16(18-12)14-6-4-5-13(9-14)15(21)19-17(11-20)7-2-3-8-17/h4-6,9-10,20H,2-3,7-8,11H2,1H3,(H,19,21). The third-order valence-electron chi connectivity index (χ3n) is 4.23. The molecule has 0 spiro atoms. The monoisotopic (exact) mass is 316 g/mol. The molecule has 3 rings (SSSR count). The van der Waals surface area contributed by atoms with Crippen LogP contribution in [0.25, 0.3) is 10.6 Å². The molecule has 1 aliphatic rings. The largest absolute Gasteiger partial charge is 0.394 e. The fraction of sp³-hybridized carbons (Fsp3) is 0.412. The average Bonchev–Trinajstić information content (AvgIpc) is 3.17. The van der Waals surface area contributed by atoms with Gasteiger partial charge in [0.2, 0.25) is 0 Å². The molecule has 1 aromatic carbocycles. The van der Waals surface area contributed by atoms with Crippen molar-refractivity contribution in [3.8, 4) is 10.6 Å². The molecule has 0 bridgehead atoms. The average molecular weight is 316 g/mol. The molecule has 116 valence electrons. The van der Waals surface area contributed by atoms with Crippen LogP contribution in [0.2, 0.25) is 0 Å². The van der Waals surface area contributed by atoms with E-state index in [4.69, 9.17) is 0 Å². The highest BCUT2D eigenvalue weighted by Crippen LogP contribution is 2.30. The van der Waals surface area contributed by atoms with E-state index in [0.29, 0.717) is 5.56 Å². The van der Waals surface area contributed by atoms with Gasteiger partial charge in [0.25, 0.3) is 5.91 Å². The minimum Gasteiger partial charge on any atom is -0.394 e. The summed E-state index contributed by atoms with van der Waals surface area (Å²) >= 11 is 1.58. The second kappa shape index (κ2) is 6.18. The Bertz CT molecular complexity index is 675. The summed E-state index contributed by atoms with van der Waals surface area (Å²) in [5, 5.41) is 15.6. The smallest absolute Gasteiger partial charge is 0.251 e. The number of aryl methyl sites for hydroxylation is 1. The summed E-state index contributed by atoms with van der Waals surface area (Å²) in [5.41, 5.74) is 2.12. The van der Waals surface area contributed by atoms with E-state index >= 15 is 0 Å². The third kappa shape index (κ3) is 3.05. The number of carbonyl (C=O) groups excluding carboxylic acids is 1. The second-order valence-corrected chi connectivity index (χ2v) is 6.83. The number of hydrogen-bond donors (Lipinski definition) is 2. The van der Waals surface area contributed by atoms with Crippen LogP contribution < -0.4 is 5.32 Å². The Morgan fingerprint density at radius 1 is 1.41 bits per heavy atom. The molecule has 5 heteroatoms. The van der Waals surface area contributed by atoms with E-state index in [0.717, 1.165) is 41.9 Å². The van der Waals surface area contributed by atoms with Crippen LogP contribution in [0.3, 0.4) is 0 Å². The first-order valence-electron chi connectivity index (χ1n) is 7.58. The summed E-state index contributed by atoms with van der Waals surface area (Å²) in [7, 11) is 0. The van der Waals surface area contributed by atoms with Gasteiger partial charge in [0.05, 0.1) is 12.1 Å².